The van der Waals surface area contributed by atoms with Gasteiger partial charge >= 0.3 is 5.97 Å². The summed E-state index contributed by atoms with van der Waals surface area (Å²) in [7, 11) is 0. The van der Waals surface area contributed by atoms with Crippen LogP contribution in [-0.4, -0.2) is 29.9 Å². The van der Waals surface area contributed by atoms with Gasteiger partial charge in [0.05, 0.1) is 12.7 Å². The molecule has 0 bridgehead atoms. The summed E-state index contributed by atoms with van der Waals surface area (Å²) in [6.07, 6.45) is -0.00361. The first-order valence-electron chi connectivity index (χ1n) is 6.71. The van der Waals surface area contributed by atoms with Crippen molar-refractivity contribution in [2.45, 2.75) is 38.9 Å². The van der Waals surface area contributed by atoms with Crippen molar-refractivity contribution in [2.75, 3.05) is 13.2 Å². The molecular formula is C15H20O5. The zero-order chi connectivity index (χ0) is 14.8. The number of hydrogen-bond donors (Lipinski definition) is 1. The minimum absolute atomic E-state index is 0.140. The summed E-state index contributed by atoms with van der Waals surface area (Å²) in [5.74, 6) is 0.698. The summed E-state index contributed by atoms with van der Waals surface area (Å²) in [5.41, 5.74) is 0.319. The smallest absolute Gasteiger partial charge is 0.344 e. The SMILES string of the molecule is CCOC(=O)COc1ccc2c(c1)OC(C)(C)CC2O. The second-order valence-electron chi connectivity index (χ2n) is 5.38. The lowest BCUT2D eigenvalue weighted by Gasteiger charge is -2.35. The Morgan fingerprint density at radius 2 is 2.25 bits per heavy atom. The second-order valence-corrected chi connectivity index (χ2v) is 5.38. The molecule has 1 unspecified atom stereocenters. The number of aliphatic hydroxyl groups is 1. The van der Waals surface area contributed by atoms with E-state index in [2.05, 4.69) is 0 Å². The molecule has 1 aliphatic rings. The Morgan fingerprint density at radius 1 is 1.50 bits per heavy atom. The highest BCUT2D eigenvalue weighted by molar-refractivity contribution is 5.71. The maximum absolute atomic E-state index is 11.2. The zero-order valence-electron chi connectivity index (χ0n) is 12.0. The van der Waals surface area contributed by atoms with Gasteiger partial charge in [0.25, 0.3) is 0 Å². The molecule has 5 heteroatoms. The zero-order valence-corrected chi connectivity index (χ0v) is 12.0. The first-order valence-corrected chi connectivity index (χ1v) is 6.71. The van der Waals surface area contributed by atoms with Gasteiger partial charge in [-0.15, -0.1) is 0 Å². The fourth-order valence-corrected chi connectivity index (χ4v) is 2.23. The van der Waals surface area contributed by atoms with Gasteiger partial charge < -0.3 is 19.3 Å². The van der Waals surface area contributed by atoms with Crippen LogP contribution < -0.4 is 9.47 Å². The lowest BCUT2D eigenvalue weighted by atomic mass is 9.92. The Kier molecular flexibility index (Phi) is 4.18. The Bertz CT molecular complexity index is 495. The van der Waals surface area contributed by atoms with Crippen LogP contribution in [-0.2, 0) is 9.53 Å². The van der Waals surface area contributed by atoms with Gasteiger partial charge in [-0.05, 0) is 32.9 Å². The standard InChI is InChI=1S/C15H20O5/c1-4-18-14(17)9-19-10-5-6-11-12(16)8-15(2,3)20-13(11)7-10/h5-7,12,16H,4,8-9H2,1-3H3. The summed E-state index contributed by atoms with van der Waals surface area (Å²) >= 11 is 0. The van der Waals surface area contributed by atoms with Crippen LogP contribution in [0, 0.1) is 0 Å². The average Bonchev–Trinajstić information content (AvgIpc) is 2.34. The number of aliphatic hydroxyl groups excluding tert-OH is 1. The van der Waals surface area contributed by atoms with E-state index in [1.54, 1.807) is 25.1 Å². The first kappa shape index (κ1) is 14.7. The van der Waals surface area contributed by atoms with Crippen LogP contribution in [0.2, 0.25) is 0 Å². The van der Waals surface area contributed by atoms with Gasteiger partial charge in [0.15, 0.2) is 6.61 Å². The van der Waals surface area contributed by atoms with Gasteiger partial charge in [0, 0.05) is 18.1 Å². The van der Waals surface area contributed by atoms with Crippen molar-refractivity contribution < 1.29 is 24.1 Å². The van der Waals surface area contributed by atoms with Crippen LogP contribution in [0.15, 0.2) is 18.2 Å². The van der Waals surface area contributed by atoms with E-state index in [4.69, 9.17) is 14.2 Å². The second kappa shape index (κ2) is 5.71. The van der Waals surface area contributed by atoms with Crippen LogP contribution in [0.4, 0.5) is 0 Å². The lowest BCUT2D eigenvalue weighted by Crippen LogP contribution is -2.34. The molecule has 0 aliphatic carbocycles. The molecule has 0 fully saturated rings. The molecule has 110 valence electrons. The Morgan fingerprint density at radius 3 is 2.95 bits per heavy atom. The van der Waals surface area contributed by atoms with Crippen molar-refractivity contribution in [3.05, 3.63) is 23.8 Å². The van der Waals surface area contributed by atoms with Crippen molar-refractivity contribution in [2.24, 2.45) is 0 Å². The molecule has 0 saturated carbocycles. The van der Waals surface area contributed by atoms with E-state index in [9.17, 15) is 9.90 Å². The first-order chi connectivity index (χ1) is 9.41. The molecule has 0 amide bonds. The summed E-state index contributed by atoms with van der Waals surface area (Å²) in [6.45, 7) is 5.78. The van der Waals surface area contributed by atoms with Crippen molar-refractivity contribution in [1.29, 1.82) is 0 Å². The average molecular weight is 280 g/mol. The van der Waals surface area contributed by atoms with E-state index < -0.39 is 17.7 Å². The molecule has 1 aliphatic heterocycles. The minimum Gasteiger partial charge on any atom is -0.487 e. The predicted molar refractivity (Wildman–Crippen MR) is 72.9 cm³/mol. The molecular weight excluding hydrogens is 260 g/mol. The van der Waals surface area contributed by atoms with Gasteiger partial charge in [0.2, 0.25) is 0 Å². The molecule has 1 aromatic rings. The number of hydrogen-bond acceptors (Lipinski definition) is 5. The number of benzene rings is 1. The molecule has 20 heavy (non-hydrogen) atoms. The molecule has 0 saturated heterocycles. The number of fused-ring (bicyclic) bond motifs is 1. The maximum atomic E-state index is 11.2. The fourth-order valence-electron chi connectivity index (χ4n) is 2.23. The largest absolute Gasteiger partial charge is 0.487 e. The molecule has 1 N–H and O–H groups in total. The Hall–Kier alpha value is -1.75. The lowest BCUT2D eigenvalue weighted by molar-refractivity contribution is -0.145. The van der Waals surface area contributed by atoms with Gasteiger partial charge in [-0.25, -0.2) is 4.79 Å². The Labute approximate surface area is 118 Å². The minimum atomic E-state index is -0.548. The van der Waals surface area contributed by atoms with Crippen molar-refractivity contribution in [1.82, 2.24) is 0 Å². The van der Waals surface area contributed by atoms with Gasteiger partial charge in [-0.3, -0.25) is 0 Å². The fraction of sp³-hybridized carbons (Fsp3) is 0.533. The molecule has 5 nitrogen and oxygen atoms in total. The van der Waals surface area contributed by atoms with E-state index in [0.29, 0.717) is 24.5 Å². The molecule has 1 atom stereocenters. The van der Waals surface area contributed by atoms with Crippen molar-refractivity contribution in [3.63, 3.8) is 0 Å². The van der Waals surface area contributed by atoms with Gasteiger partial charge in [0.1, 0.15) is 17.1 Å². The van der Waals surface area contributed by atoms with Crippen LogP contribution in [0.5, 0.6) is 11.5 Å². The van der Waals surface area contributed by atoms with Crippen LogP contribution in [0.3, 0.4) is 0 Å². The van der Waals surface area contributed by atoms with E-state index >= 15 is 0 Å². The Balaban J connectivity index is 2.09. The molecule has 2 rings (SSSR count). The quantitative estimate of drug-likeness (QED) is 0.857. The third-order valence-electron chi connectivity index (χ3n) is 3.08. The maximum Gasteiger partial charge on any atom is 0.344 e. The third-order valence-corrected chi connectivity index (χ3v) is 3.08. The molecule has 0 spiro atoms. The van der Waals surface area contributed by atoms with Gasteiger partial charge in [-0.1, -0.05) is 0 Å². The number of carbonyl (C=O) groups is 1. The summed E-state index contributed by atoms with van der Waals surface area (Å²) < 4.78 is 16.0. The van der Waals surface area contributed by atoms with Crippen LogP contribution in [0.25, 0.3) is 0 Å². The van der Waals surface area contributed by atoms with E-state index in [1.165, 1.54) is 0 Å². The highest BCUT2D eigenvalue weighted by Crippen LogP contribution is 2.40. The highest BCUT2D eigenvalue weighted by atomic mass is 16.6. The number of esters is 1. The summed E-state index contributed by atoms with van der Waals surface area (Å²) in [4.78, 5) is 11.2. The summed E-state index contributed by atoms with van der Waals surface area (Å²) in [6, 6.07) is 5.16. The number of rotatable bonds is 4. The highest BCUT2D eigenvalue weighted by Gasteiger charge is 2.32. The predicted octanol–water partition coefficient (Wildman–Crippen LogP) is 2.22. The normalized spacial score (nSPS) is 19.7. The molecule has 1 aromatic carbocycles. The van der Waals surface area contributed by atoms with E-state index in [1.807, 2.05) is 13.8 Å². The molecule has 0 aromatic heterocycles. The number of ether oxygens (including phenoxy) is 3. The topological polar surface area (TPSA) is 65.0 Å². The van der Waals surface area contributed by atoms with Gasteiger partial charge in [-0.2, -0.15) is 0 Å². The molecule has 0 radical (unpaired) electrons. The van der Waals surface area contributed by atoms with Crippen molar-refractivity contribution in [3.8, 4) is 11.5 Å². The number of carbonyl (C=O) groups excluding carboxylic acids is 1. The molecule has 1 heterocycles. The van der Waals surface area contributed by atoms with E-state index in [-0.39, 0.29) is 6.61 Å². The van der Waals surface area contributed by atoms with Crippen molar-refractivity contribution >= 4 is 5.97 Å². The third kappa shape index (κ3) is 3.42. The van der Waals surface area contributed by atoms with Crippen LogP contribution in [0.1, 0.15) is 38.9 Å². The monoisotopic (exact) mass is 280 g/mol. The van der Waals surface area contributed by atoms with E-state index in [0.717, 1.165) is 5.56 Å². The van der Waals surface area contributed by atoms with Crippen LogP contribution >= 0.6 is 0 Å². The summed E-state index contributed by atoms with van der Waals surface area (Å²) in [5, 5.41) is 10.1.